The molecular weight excluding hydrogens is 461 g/mol. The van der Waals surface area contributed by atoms with E-state index in [-0.39, 0.29) is 27.9 Å². The summed E-state index contributed by atoms with van der Waals surface area (Å²) in [7, 11) is 0. The van der Waals surface area contributed by atoms with Crippen LogP contribution in [0, 0.1) is 10.1 Å². The topological polar surface area (TPSA) is 101 Å². The van der Waals surface area contributed by atoms with Gasteiger partial charge in [0.25, 0.3) is 5.69 Å². The van der Waals surface area contributed by atoms with Gasteiger partial charge in [0.05, 0.1) is 21.2 Å². The zero-order valence-electron chi connectivity index (χ0n) is 16.1. The Kier molecular flexibility index (Phi) is 6.35. The van der Waals surface area contributed by atoms with Crippen LogP contribution in [0.3, 0.4) is 0 Å². The van der Waals surface area contributed by atoms with Crippen LogP contribution < -0.4 is 5.32 Å². The number of rotatable bonds is 4. The SMILES string of the molecule is O=C(Nc1cc(Cl)nc(Cl)c1)N1CCC(c2nc(-c3ccccc3[N+](=O)[O-])cs2)CC1. The maximum Gasteiger partial charge on any atom is 0.321 e. The maximum atomic E-state index is 12.6. The molecule has 2 amide bonds. The first-order valence-electron chi connectivity index (χ1n) is 9.49. The number of amides is 2. The van der Waals surface area contributed by atoms with Gasteiger partial charge < -0.3 is 10.2 Å². The largest absolute Gasteiger partial charge is 0.324 e. The summed E-state index contributed by atoms with van der Waals surface area (Å²) in [6, 6.07) is 9.45. The number of hydrogen-bond donors (Lipinski definition) is 1. The first kappa shape index (κ1) is 21.5. The molecule has 160 valence electrons. The number of pyridine rings is 1. The van der Waals surface area contributed by atoms with Crippen molar-refractivity contribution in [1.82, 2.24) is 14.9 Å². The number of likely N-dealkylation sites (tertiary alicyclic amines) is 1. The Bertz CT molecular complexity index is 1110. The quantitative estimate of drug-likeness (QED) is 0.289. The molecule has 0 bridgehead atoms. The minimum atomic E-state index is -0.394. The van der Waals surface area contributed by atoms with E-state index in [9.17, 15) is 14.9 Å². The van der Waals surface area contributed by atoms with Crippen LogP contribution >= 0.6 is 34.5 Å². The van der Waals surface area contributed by atoms with Crippen LogP contribution in [0.15, 0.2) is 41.8 Å². The van der Waals surface area contributed by atoms with Crippen molar-refractivity contribution in [2.75, 3.05) is 18.4 Å². The van der Waals surface area contributed by atoms with Gasteiger partial charge in [-0.25, -0.2) is 14.8 Å². The number of carbonyl (C=O) groups is 1. The number of benzene rings is 1. The number of carbonyl (C=O) groups excluding carboxylic acids is 1. The van der Waals surface area contributed by atoms with Gasteiger partial charge in [-0.15, -0.1) is 11.3 Å². The van der Waals surface area contributed by atoms with Crippen molar-refractivity contribution in [2.45, 2.75) is 18.8 Å². The fourth-order valence-electron chi connectivity index (χ4n) is 3.52. The molecule has 11 heteroatoms. The van der Waals surface area contributed by atoms with Gasteiger partial charge in [-0.05, 0) is 31.0 Å². The highest BCUT2D eigenvalue weighted by Gasteiger charge is 2.27. The van der Waals surface area contributed by atoms with Crippen LogP contribution in [0.2, 0.25) is 10.3 Å². The van der Waals surface area contributed by atoms with Crippen molar-refractivity contribution in [3.8, 4) is 11.3 Å². The van der Waals surface area contributed by atoms with Crippen LogP contribution in [0.25, 0.3) is 11.3 Å². The predicted octanol–water partition coefficient (Wildman–Crippen LogP) is 5.83. The van der Waals surface area contributed by atoms with Gasteiger partial charge in [-0.2, -0.15) is 0 Å². The zero-order valence-corrected chi connectivity index (χ0v) is 18.5. The number of halogens is 2. The summed E-state index contributed by atoms with van der Waals surface area (Å²) in [5, 5.41) is 17.3. The molecule has 1 aromatic carbocycles. The van der Waals surface area contributed by atoms with E-state index in [4.69, 9.17) is 23.2 Å². The van der Waals surface area contributed by atoms with Crippen molar-refractivity contribution in [3.63, 3.8) is 0 Å². The standard InChI is InChI=1S/C20H17Cl2N5O3S/c21-17-9-13(10-18(22)25-17)23-20(28)26-7-5-12(6-8-26)19-24-15(11-31-19)14-3-1-2-4-16(14)27(29)30/h1-4,9-12H,5-8H2,(H,23,25,28). The fourth-order valence-corrected chi connectivity index (χ4v) is 4.97. The molecule has 0 aliphatic carbocycles. The molecule has 1 saturated heterocycles. The Hall–Kier alpha value is -2.75. The number of nitrogens with one attached hydrogen (secondary N) is 1. The van der Waals surface area contributed by atoms with E-state index >= 15 is 0 Å². The summed E-state index contributed by atoms with van der Waals surface area (Å²) in [6.07, 6.45) is 1.52. The summed E-state index contributed by atoms with van der Waals surface area (Å²) < 4.78 is 0. The van der Waals surface area contributed by atoms with E-state index in [0.717, 1.165) is 17.8 Å². The highest BCUT2D eigenvalue weighted by Crippen LogP contribution is 2.35. The molecule has 1 fully saturated rings. The number of thiazole rings is 1. The number of piperidine rings is 1. The zero-order chi connectivity index (χ0) is 22.0. The number of anilines is 1. The molecule has 3 heterocycles. The van der Waals surface area contributed by atoms with Crippen molar-refractivity contribution in [3.05, 3.63) is 67.2 Å². The lowest BCUT2D eigenvalue weighted by Gasteiger charge is -2.31. The van der Waals surface area contributed by atoms with E-state index in [1.165, 1.54) is 29.5 Å². The molecule has 1 aliphatic rings. The maximum absolute atomic E-state index is 12.6. The second-order valence-corrected chi connectivity index (χ2v) is 8.70. The summed E-state index contributed by atoms with van der Waals surface area (Å²) >= 11 is 13.2. The van der Waals surface area contributed by atoms with Gasteiger partial charge in [-0.1, -0.05) is 35.3 Å². The van der Waals surface area contributed by atoms with Gasteiger partial charge in [0.2, 0.25) is 0 Å². The summed E-state index contributed by atoms with van der Waals surface area (Å²) in [4.78, 5) is 33.7. The Morgan fingerprint density at radius 2 is 1.84 bits per heavy atom. The number of nitro benzene ring substituents is 1. The lowest BCUT2D eigenvalue weighted by molar-refractivity contribution is -0.384. The van der Waals surface area contributed by atoms with Crippen LogP contribution in [0.1, 0.15) is 23.8 Å². The Labute approximate surface area is 192 Å². The first-order chi connectivity index (χ1) is 14.9. The number of nitro groups is 1. The van der Waals surface area contributed by atoms with Gasteiger partial charge in [0, 0.05) is 36.1 Å². The monoisotopic (exact) mass is 477 g/mol. The van der Waals surface area contributed by atoms with E-state index in [1.807, 2.05) is 5.38 Å². The lowest BCUT2D eigenvalue weighted by Crippen LogP contribution is -2.40. The number of para-hydroxylation sites is 1. The molecule has 0 saturated carbocycles. The molecule has 1 aliphatic heterocycles. The third-order valence-electron chi connectivity index (χ3n) is 5.04. The predicted molar refractivity (Wildman–Crippen MR) is 121 cm³/mol. The lowest BCUT2D eigenvalue weighted by atomic mass is 9.98. The third-order valence-corrected chi connectivity index (χ3v) is 6.44. The molecule has 0 atom stereocenters. The Balaban J connectivity index is 1.39. The van der Waals surface area contributed by atoms with E-state index in [1.54, 1.807) is 23.1 Å². The van der Waals surface area contributed by atoms with Gasteiger partial charge >= 0.3 is 6.03 Å². The average molecular weight is 478 g/mol. The summed E-state index contributed by atoms with van der Waals surface area (Å²) in [5.74, 6) is 0.204. The molecule has 4 rings (SSSR count). The van der Waals surface area contributed by atoms with Gasteiger partial charge in [0.15, 0.2) is 0 Å². The summed E-state index contributed by atoms with van der Waals surface area (Å²) in [5.41, 5.74) is 1.66. The van der Waals surface area contributed by atoms with Crippen molar-refractivity contribution in [2.24, 2.45) is 0 Å². The molecule has 31 heavy (non-hydrogen) atoms. The molecule has 3 aromatic rings. The van der Waals surface area contributed by atoms with Crippen molar-refractivity contribution in [1.29, 1.82) is 0 Å². The smallest absolute Gasteiger partial charge is 0.321 e. The first-order valence-corrected chi connectivity index (χ1v) is 11.1. The number of urea groups is 1. The third kappa shape index (κ3) is 4.95. The second kappa shape index (κ2) is 9.17. The van der Waals surface area contributed by atoms with Gasteiger partial charge in [0.1, 0.15) is 10.3 Å². The van der Waals surface area contributed by atoms with Crippen LogP contribution in [-0.2, 0) is 0 Å². The second-order valence-electron chi connectivity index (χ2n) is 7.04. The van der Waals surface area contributed by atoms with E-state index in [2.05, 4.69) is 15.3 Å². The number of aromatic nitrogens is 2. The fraction of sp³-hybridized carbons (Fsp3) is 0.250. The minimum Gasteiger partial charge on any atom is -0.324 e. The van der Waals surface area contributed by atoms with Crippen LogP contribution in [0.5, 0.6) is 0 Å². The van der Waals surface area contributed by atoms with E-state index in [0.29, 0.717) is 30.0 Å². The Morgan fingerprint density at radius 1 is 1.16 bits per heavy atom. The minimum absolute atomic E-state index is 0.0437. The summed E-state index contributed by atoms with van der Waals surface area (Å²) in [6.45, 7) is 1.15. The Morgan fingerprint density at radius 3 is 2.52 bits per heavy atom. The highest BCUT2D eigenvalue weighted by molar-refractivity contribution is 7.10. The molecule has 1 N–H and O–H groups in total. The van der Waals surface area contributed by atoms with Gasteiger partial charge in [-0.3, -0.25) is 10.1 Å². The van der Waals surface area contributed by atoms with Crippen LogP contribution in [0.4, 0.5) is 16.2 Å². The van der Waals surface area contributed by atoms with Crippen molar-refractivity contribution >= 4 is 51.9 Å². The molecule has 8 nitrogen and oxygen atoms in total. The molecule has 2 aromatic heterocycles. The highest BCUT2D eigenvalue weighted by atomic mass is 35.5. The van der Waals surface area contributed by atoms with Crippen molar-refractivity contribution < 1.29 is 9.72 Å². The average Bonchev–Trinajstić information content (AvgIpc) is 3.23. The number of nitrogens with zero attached hydrogens (tertiary/aromatic N) is 4. The normalized spacial score (nSPS) is 14.5. The molecule has 0 spiro atoms. The number of hydrogen-bond acceptors (Lipinski definition) is 6. The molecule has 0 radical (unpaired) electrons. The molecular formula is C20H17Cl2N5O3S. The molecule has 0 unspecified atom stereocenters. The van der Waals surface area contributed by atoms with E-state index < -0.39 is 4.92 Å². The van der Waals surface area contributed by atoms with Crippen LogP contribution in [-0.4, -0.2) is 38.9 Å².